The molecule has 3 atom stereocenters. The van der Waals surface area contributed by atoms with Crippen LogP contribution in [0.2, 0.25) is 0 Å². The summed E-state index contributed by atoms with van der Waals surface area (Å²) in [5.74, 6) is 0. The van der Waals surface area contributed by atoms with Crippen LogP contribution in [-0.2, 0) is 10.8 Å². The SMILES string of the molecule is CCCNC(C)C(C)S(=O)c1ccc(C)cc1. The number of aryl methyl sites for hydroxylation is 1. The second kappa shape index (κ2) is 6.92. The first kappa shape index (κ1) is 14.4. The van der Waals surface area contributed by atoms with E-state index in [4.69, 9.17) is 0 Å². The lowest BCUT2D eigenvalue weighted by molar-refractivity contribution is 0.531. The van der Waals surface area contributed by atoms with E-state index in [1.54, 1.807) is 0 Å². The summed E-state index contributed by atoms with van der Waals surface area (Å²) < 4.78 is 12.3. The number of nitrogens with one attached hydrogen (secondary N) is 1. The second-order valence-electron chi connectivity index (χ2n) is 4.56. The van der Waals surface area contributed by atoms with Crippen LogP contribution in [0, 0.1) is 6.92 Å². The molecule has 0 fully saturated rings. The quantitative estimate of drug-likeness (QED) is 0.844. The molecule has 0 aliphatic heterocycles. The Morgan fingerprint density at radius 1 is 1.24 bits per heavy atom. The molecule has 1 rings (SSSR count). The zero-order valence-electron chi connectivity index (χ0n) is 11.2. The minimum atomic E-state index is -0.932. The van der Waals surface area contributed by atoms with Gasteiger partial charge in [-0.3, -0.25) is 4.21 Å². The van der Waals surface area contributed by atoms with Crippen molar-refractivity contribution in [2.75, 3.05) is 6.54 Å². The van der Waals surface area contributed by atoms with Gasteiger partial charge in [0.05, 0.1) is 16.0 Å². The van der Waals surface area contributed by atoms with Gasteiger partial charge in [0, 0.05) is 10.9 Å². The molecule has 0 aromatic heterocycles. The van der Waals surface area contributed by atoms with Crippen molar-refractivity contribution in [3.63, 3.8) is 0 Å². The lowest BCUT2D eigenvalue weighted by Crippen LogP contribution is -2.38. The van der Waals surface area contributed by atoms with E-state index in [9.17, 15) is 4.21 Å². The monoisotopic (exact) mass is 253 g/mol. The molecule has 0 saturated heterocycles. The summed E-state index contributed by atoms with van der Waals surface area (Å²) in [7, 11) is -0.932. The summed E-state index contributed by atoms with van der Waals surface area (Å²) in [5, 5.41) is 3.53. The maximum atomic E-state index is 12.3. The molecule has 0 bridgehead atoms. The topological polar surface area (TPSA) is 29.1 Å². The van der Waals surface area contributed by atoms with E-state index < -0.39 is 10.8 Å². The third kappa shape index (κ3) is 4.25. The first-order valence-electron chi connectivity index (χ1n) is 6.27. The van der Waals surface area contributed by atoms with Gasteiger partial charge >= 0.3 is 0 Å². The fourth-order valence-electron chi connectivity index (χ4n) is 1.61. The first-order valence-corrected chi connectivity index (χ1v) is 7.48. The normalized spacial score (nSPS) is 16.5. The molecule has 1 aromatic rings. The maximum Gasteiger partial charge on any atom is 0.0573 e. The average Bonchev–Trinajstić information content (AvgIpc) is 2.35. The third-order valence-electron chi connectivity index (χ3n) is 3.01. The van der Waals surface area contributed by atoms with Crippen molar-refractivity contribution in [1.82, 2.24) is 5.32 Å². The Hall–Kier alpha value is -0.670. The fraction of sp³-hybridized carbons (Fsp3) is 0.571. The van der Waals surface area contributed by atoms with E-state index in [0.29, 0.717) is 0 Å². The predicted octanol–water partition coefficient (Wildman–Crippen LogP) is 2.88. The molecular weight excluding hydrogens is 230 g/mol. The molecule has 0 heterocycles. The molecule has 2 nitrogen and oxygen atoms in total. The molecule has 1 N–H and O–H groups in total. The molecule has 0 spiro atoms. The van der Waals surface area contributed by atoms with Crippen LogP contribution in [0.15, 0.2) is 29.2 Å². The highest BCUT2D eigenvalue weighted by atomic mass is 32.2. The van der Waals surface area contributed by atoms with Crippen LogP contribution in [0.4, 0.5) is 0 Å². The number of hydrogen-bond donors (Lipinski definition) is 1. The smallest absolute Gasteiger partial charge is 0.0573 e. The predicted molar refractivity (Wildman–Crippen MR) is 74.8 cm³/mol. The zero-order valence-corrected chi connectivity index (χ0v) is 12.0. The van der Waals surface area contributed by atoms with E-state index in [1.165, 1.54) is 5.56 Å². The van der Waals surface area contributed by atoms with Crippen molar-refractivity contribution in [2.24, 2.45) is 0 Å². The van der Waals surface area contributed by atoms with Crippen LogP contribution in [0.3, 0.4) is 0 Å². The molecule has 0 amide bonds. The van der Waals surface area contributed by atoms with Crippen molar-refractivity contribution in [1.29, 1.82) is 0 Å². The zero-order chi connectivity index (χ0) is 12.8. The Labute approximate surface area is 107 Å². The number of benzene rings is 1. The molecule has 3 heteroatoms. The van der Waals surface area contributed by atoms with E-state index >= 15 is 0 Å². The average molecular weight is 253 g/mol. The van der Waals surface area contributed by atoms with Crippen LogP contribution in [0.25, 0.3) is 0 Å². The van der Waals surface area contributed by atoms with Gasteiger partial charge in [0.2, 0.25) is 0 Å². The van der Waals surface area contributed by atoms with Gasteiger partial charge in [-0.15, -0.1) is 0 Å². The molecular formula is C14H23NOS. The highest BCUT2D eigenvalue weighted by molar-refractivity contribution is 7.85. The summed E-state index contributed by atoms with van der Waals surface area (Å²) in [6.07, 6.45) is 1.11. The van der Waals surface area contributed by atoms with Crippen molar-refractivity contribution < 1.29 is 4.21 Å². The Balaban J connectivity index is 2.65. The van der Waals surface area contributed by atoms with Crippen LogP contribution in [0.5, 0.6) is 0 Å². The van der Waals surface area contributed by atoms with Gasteiger partial charge in [-0.05, 0) is 45.9 Å². The third-order valence-corrected chi connectivity index (χ3v) is 4.83. The van der Waals surface area contributed by atoms with E-state index in [1.807, 2.05) is 38.1 Å². The molecule has 0 saturated carbocycles. The van der Waals surface area contributed by atoms with E-state index in [0.717, 1.165) is 17.9 Å². The lowest BCUT2D eigenvalue weighted by atomic mass is 10.2. The van der Waals surface area contributed by atoms with E-state index in [2.05, 4.69) is 19.2 Å². The maximum absolute atomic E-state index is 12.3. The van der Waals surface area contributed by atoms with Gasteiger partial charge in [0.25, 0.3) is 0 Å². The molecule has 1 aromatic carbocycles. The van der Waals surface area contributed by atoms with Crippen molar-refractivity contribution in [3.05, 3.63) is 29.8 Å². The summed E-state index contributed by atoms with van der Waals surface area (Å²) in [6.45, 7) is 9.31. The molecule has 0 aliphatic carbocycles. The Morgan fingerprint density at radius 3 is 2.35 bits per heavy atom. The van der Waals surface area contributed by atoms with Crippen LogP contribution < -0.4 is 5.32 Å². The summed E-state index contributed by atoms with van der Waals surface area (Å²) in [4.78, 5) is 0.924. The molecule has 3 unspecified atom stereocenters. The van der Waals surface area contributed by atoms with Gasteiger partial charge in [-0.1, -0.05) is 24.6 Å². The number of hydrogen-bond acceptors (Lipinski definition) is 2. The van der Waals surface area contributed by atoms with Gasteiger partial charge in [-0.25, -0.2) is 0 Å². The molecule has 0 aliphatic rings. The summed E-state index contributed by atoms with van der Waals surface area (Å²) in [5.41, 5.74) is 1.20. The van der Waals surface area contributed by atoms with Gasteiger partial charge < -0.3 is 5.32 Å². The van der Waals surface area contributed by atoms with Crippen LogP contribution in [-0.4, -0.2) is 22.0 Å². The Kier molecular flexibility index (Phi) is 5.86. The van der Waals surface area contributed by atoms with Gasteiger partial charge in [0.15, 0.2) is 0 Å². The molecule has 0 radical (unpaired) electrons. The highest BCUT2D eigenvalue weighted by Gasteiger charge is 2.19. The molecule has 96 valence electrons. The minimum absolute atomic E-state index is 0.129. The van der Waals surface area contributed by atoms with Crippen molar-refractivity contribution in [3.8, 4) is 0 Å². The minimum Gasteiger partial charge on any atom is -0.313 e. The lowest BCUT2D eigenvalue weighted by Gasteiger charge is -2.20. The second-order valence-corrected chi connectivity index (χ2v) is 6.37. The summed E-state index contributed by atoms with van der Waals surface area (Å²) >= 11 is 0. The largest absolute Gasteiger partial charge is 0.313 e. The number of rotatable bonds is 6. The van der Waals surface area contributed by atoms with Gasteiger partial charge in [-0.2, -0.15) is 0 Å². The highest BCUT2D eigenvalue weighted by Crippen LogP contribution is 2.14. The van der Waals surface area contributed by atoms with Crippen molar-refractivity contribution >= 4 is 10.8 Å². The fourth-order valence-corrected chi connectivity index (χ4v) is 2.91. The van der Waals surface area contributed by atoms with E-state index in [-0.39, 0.29) is 11.3 Å². The first-order chi connectivity index (χ1) is 8.06. The van der Waals surface area contributed by atoms with Crippen molar-refractivity contribution in [2.45, 2.75) is 50.3 Å². The standard InChI is InChI=1S/C14H23NOS/c1-5-10-15-12(3)13(4)17(16)14-8-6-11(2)7-9-14/h6-9,12-13,15H,5,10H2,1-4H3. The summed E-state index contributed by atoms with van der Waals surface area (Å²) in [6, 6.07) is 8.24. The van der Waals surface area contributed by atoms with Crippen LogP contribution >= 0.6 is 0 Å². The Bertz CT molecular complexity index is 361. The van der Waals surface area contributed by atoms with Crippen LogP contribution in [0.1, 0.15) is 32.8 Å². The Morgan fingerprint density at radius 2 is 1.82 bits per heavy atom. The molecule has 17 heavy (non-hydrogen) atoms. The van der Waals surface area contributed by atoms with Gasteiger partial charge in [0.1, 0.15) is 0 Å².